The predicted octanol–water partition coefficient (Wildman–Crippen LogP) is -1.37. The lowest BCUT2D eigenvalue weighted by Gasteiger charge is -2.33. The lowest BCUT2D eigenvalue weighted by molar-refractivity contribution is -1.01. The van der Waals surface area contributed by atoms with Crippen LogP contribution in [-0.4, -0.2) is 52.0 Å². The van der Waals surface area contributed by atoms with Crippen LogP contribution in [0.4, 0.5) is 0 Å². The third-order valence-corrected chi connectivity index (χ3v) is 4.25. The summed E-state index contributed by atoms with van der Waals surface area (Å²) < 4.78 is 11.8. The molecule has 0 radical (unpaired) electrons. The van der Waals surface area contributed by atoms with Gasteiger partial charge >= 0.3 is 0 Å². The Hall–Kier alpha value is -1.26. The minimum Gasteiger partial charge on any atom is -0.486 e. The van der Waals surface area contributed by atoms with Crippen LogP contribution in [0.5, 0.6) is 11.5 Å². The standard InChI is InChI=1S/C15H22N2O2/c1-2-16-7-9-17(10-8-16)11-13-12-18-14-5-3-4-6-15(14)19-13/h3-6,13H,2,7-12H2,1H3/p+2/t13-/m1/s1. The Balaban J connectivity index is 1.52. The van der Waals surface area contributed by atoms with Gasteiger partial charge in [0.1, 0.15) is 39.3 Å². The van der Waals surface area contributed by atoms with E-state index in [2.05, 4.69) is 6.92 Å². The first-order valence-electron chi connectivity index (χ1n) is 7.40. The van der Waals surface area contributed by atoms with E-state index in [4.69, 9.17) is 9.47 Å². The van der Waals surface area contributed by atoms with Gasteiger partial charge in [0, 0.05) is 0 Å². The van der Waals surface area contributed by atoms with Gasteiger partial charge in [0.25, 0.3) is 0 Å². The van der Waals surface area contributed by atoms with Crippen molar-refractivity contribution in [1.82, 2.24) is 0 Å². The first-order valence-corrected chi connectivity index (χ1v) is 7.40. The van der Waals surface area contributed by atoms with E-state index in [-0.39, 0.29) is 6.10 Å². The molecule has 1 aromatic rings. The van der Waals surface area contributed by atoms with E-state index < -0.39 is 0 Å². The van der Waals surface area contributed by atoms with Gasteiger partial charge in [0.05, 0.1) is 6.54 Å². The fraction of sp³-hybridized carbons (Fsp3) is 0.600. The minimum atomic E-state index is 0.202. The van der Waals surface area contributed by atoms with Crippen LogP contribution in [0.2, 0.25) is 0 Å². The summed E-state index contributed by atoms with van der Waals surface area (Å²) in [5, 5.41) is 0. The van der Waals surface area contributed by atoms with Gasteiger partial charge in [-0.05, 0) is 19.1 Å². The topological polar surface area (TPSA) is 27.3 Å². The average Bonchev–Trinajstić information content (AvgIpc) is 2.48. The molecule has 0 aromatic heterocycles. The van der Waals surface area contributed by atoms with Gasteiger partial charge < -0.3 is 19.3 Å². The zero-order chi connectivity index (χ0) is 13.1. The molecule has 104 valence electrons. The highest BCUT2D eigenvalue weighted by Gasteiger charge is 2.28. The van der Waals surface area contributed by atoms with Crippen LogP contribution in [-0.2, 0) is 0 Å². The Morgan fingerprint density at radius 1 is 1.05 bits per heavy atom. The van der Waals surface area contributed by atoms with Gasteiger partial charge in [-0.3, -0.25) is 0 Å². The van der Waals surface area contributed by atoms with Crippen LogP contribution in [0.1, 0.15) is 6.92 Å². The maximum atomic E-state index is 6.04. The second-order valence-electron chi connectivity index (χ2n) is 5.56. The summed E-state index contributed by atoms with van der Waals surface area (Å²) in [7, 11) is 0. The van der Waals surface area contributed by atoms with Crippen molar-refractivity contribution in [3.05, 3.63) is 24.3 Å². The minimum absolute atomic E-state index is 0.202. The monoisotopic (exact) mass is 264 g/mol. The molecule has 0 saturated carbocycles. The second-order valence-corrected chi connectivity index (χ2v) is 5.56. The molecular formula is C15H24N2O2+2. The third-order valence-electron chi connectivity index (χ3n) is 4.25. The Kier molecular flexibility index (Phi) is 3.89. The van der Waals surface area contributed by atoms with E-state index in [1.807, 2.05) is 24.3 Å². The van der Waals surface area contributed by atoms with Crippen LogP contribution >= 0.6 is 0 Å². The molecule has 3 rings (SSSR count). The number of likely N-dealkylation sites (N-methyl/N-ethyl adjacent to an activating group) is 1. The van der Waals surface area contributed by atoms with Crippen LogP contribution in [0.15, 0.2) is 24.3 Å². The largest absolute Gasteiger partial charge is 0.486 e. The van der Waals surface area contributed by atoms with E-state index >= 15 is 0 Å². The van der Waals surface area contributed by atoms with Crippen molar-refractivity contribution >= 4 is 0 Å². The fourth-order valence-electron chi connectivity index (χ4n) is 3.00. The molecule has 1 saturated heterocycles. The maximum absolute atomic E-state index is 6.04. The van der Waals surface area contributed by atoms with E-state index in [1.165, 1.54) is 32.7 Å². The molecule has 2 aliphatic heterocycles. The van der Waals surface area contributed by atoms with Crippen molar-refractivity contribution < 1.29 is 19.3 Å². The first-order chi connectivity index (χ1) is 9.35. The molecule has 4 heteroatoms. The second kappa shape index (κ2) is 5.80. The Labute approximate surface area is 114 Å². The highest BCUT2D eigenvalue weighted by molar-refractivity contribution is 5.40. The van der Waals surface area contributed by atoms with Crippen molar-refractivity contribution in [2.45, 2.75) is 13.0 Å². The van der Waals surface area contributed by atoms with Gasteiger partial charge in [-0.25, -0.2) is 0 Å². The molecule has 2 aliphatic rings. The first kappa shape index (κ1) is 12.8. The summed E-state index contributed by atoms with van der Waals surface area (Å²) in [6.07, 6.45) is 0.202. The van der Waals surface area contributed by atoms with Crippen molar-refractivity contribution in [2.75, 3.05) is 45.9 Å². The van der Waals surface area contributed by atoms with Gasteiger partial charge in [-0.1, -0.05) is 12.1 Å². The zero-order valence-electron chi connectivity index (χ0n) is 11.7. The molecule has 1 aromatic carbocycles. The van der Waals surface area contributed by atoms with Crippen molar-refractivity contribution in [3.63, 3.8) is 0 Å². The number of piperazine rings is 1. The quantitative estimate of drug-likeness (QED) is 0.705. The molecular weight excluding hydrogens is 240 g/mol. The number of fused-ring (bicyclic) bond motifs is 1. The Bertz CT molecular complexity index is 416. The summed E-state index contributed by atoms with van der Waals surface area (Å²) in [5.41, 5.74) is 0. The molecule has 0 spiro atoms. The number of ether oxygens (including phenoxy) is 2. The van der Waals surface area contributed by atoms with E-state index in [0.29, 0.717) is 6.61 Å². The van der Waals surface area contributed by atoms with Crippen molar-refractivity contribution in [1.29, 1.82) is 0 Å². The van der Waals surface area contributed by atoms with E-state index in [0.717, 1.165) is 18.0 Å². The number of hydrogen-bond donors (Lipinski definition) is 2. The molecule has 0 amide bonds. The highest BCUT2D eigenvalue weighted by Crippen LogP contribution is 2.30. The number of quaternary nitrogens is 2. The molecule has 2 heterocycles. The zero-order valence-corrected chi connectivity index (χ0v) is 11.7. The number of para-hydroxylation sites is 2. The molecule has 0 unspecified atom stereocenters. The Morgan fingerprint density at radius 3 is 2.47 bits per heavy atom. The van der Waals surface area contributed by atoms with Gasteiger partial charge in [-0.15, -0.1) is 0 Å². The number of benzene rings is 1. The molecule has 1 atom stereocenters. The highest BCUT2D eigenvalue weighted by atomic mass is 16.6. The SMILES string of the molecule is CC[NH+]1CC[NH+](C[C@@H]2COc3ccccc3O2)CC1. The van der Waals surface area contributed by atoms with Crippen molar-refractivity contribution in [3.8, 4) is 11.5 Å². The maximum Gasteiger partial charge on any atom is 0.181 e. The Morgan fingerprint density at radius 2 is 1.74 bits per heavy atom. The molecule has 19 heavy (non-hydrogen) atoms. The van der Waals surface area contributed by atoms with E-state index in [1.54, 1.807) is 9.80 Å². The van der Waals surface area contributed by atoms with Crippen LogP contribution < -0.4 is 19.3 Å². The lowest BCUT2D eigenvalue weighted by atomic mass is 10.2. The molecule has 0 aliphatic carbocycles. The molecule has 0 bridgehead atoms. The molecule has 1 fully saturated rings. The van der Waals surface area contributed by atoms with Crippen LogP contribution in [0.3, 0.4) is 0 Å². The number of hydrogen-bond acceptors (Lipinski definition) is 2. The third kappa shape index (κ3) is 3.01. The van der Waals surface area contributed by atoms with E-state index in [9.17, 15) is 0 Å². The average molecular weight is 264 g/mol. The van der Waals surface area contributed by atoms with Gasteiger partial charge in [-0.2, -0.15) is 0 Å². The van der Waals surface area contributed by atoms with Crippen LogP contribution in [0, 0.1) is 0 Å². The molecule has 4 nitrogen and oxygen atoms in total. The lowest BCUT2D eigenvalue weighted by Crippen LogP contribution is -3.28. The summed E-state index contributed by atoms with van der Waals surface area (Å²) in [6, 6.07) is 7.96. The van der Waals surface area contributed by atoms with Crippen LogP contribution in [0.25, 0.3) is 0 Å². The van der Waals surface area contributed by atoms with Gasteiger partial charge in [0.15, 0.2) is 17.6 Å². The summed E-state index contributed by atoms with van der Waals surface area (Å²) in [5.74, 6) is 1.78. The van der Waals surface area contributed by atoms with Crippen molar-refractivity contribution in [2.24, 2.45) is 0 Å². The van der Waals surface area contributed by atoms with Gasteiger partial charge in [0.2, 0.25) is 0 Å². The summed E-state index contributed by atoms with van der Waals surface area (Å²) in [6.45, 7) is 10.4. The predicted molar refractivity (Wildman–Crippen MR) is 73.2 cm³/mol. The number of nitrogens with one attached hydrogen (secondary N) is 2. The normalized spacial score (nSPS) is 30.1. The molecule has 2 N–H and O–H groups in total. The summed E-state index contributed by atoms with van der Waals surface area (Å²) in [4.78, 5) is 3.39. The smallest absolute Gasteiger partial charge is 0.181 e. The number of rotatable bonds is 3. The fourth-order valence-corrected chi connectivity index (χ4v) is 3.00. The summed E-state index contributed by atoms with van der Waals surface area (Å²) >= 11 is 0.